The number of H-pyrrole nitrogens is 1. The molecule has 0 aliphatic rings. The Bertz CT molecular complexity index is 244. The molecule has 9 heavy (non-hydrogen) atoms. The summed E-state index contributed by atoms with van der Waals surface area (Å²) in [6, 6.07) is -0.620. The van der Waals surface area contributed by atoms with Gasteiger partial charge in [-0.3, -0.25) is 4.79 Å². The van der Waals surface area contributed by atoms with E-state index in [9.17, 15) is 9.90 Å². The molecule has 0 aliphatic carbocycles. The first kappa shape index (κ1) is 5.74. The molecule has 5 nitrogen and oxygen atoms in total. The molecular formula is C4H5N3O2. The van der Waals surface area contributed by atoms with Crippen LogP contribution in [-0.2, 0) is 7.05 Å². The van der Waals surface area contributed by atoms with Gasteiger partial charge in [-0.1, -0.05) is 4.68 Å². The molecule has 0 amide bonds. The van der Waals surface area contributed by atoms with Crippen molar-refractivity contribution in [2.75, 3.05) is 0 Å². The average molecular weight is 127 g/mol. The van der Waals surface area contributed by atoms with Crippen molar-refractivity contribution in [3.63, 3.8) is 0 Å². The molecule has 0 atom stereocenters. The summed E-state index contributed by atoms with van der Waals surface area (Å²) in [4.78, 5) is 12.4. The van der Waals surface area contributed by atoms with E-state index in [-0.39, 0.29) is 0 Å². The van der Waals surface area contributed by atoms with E-state index in [0.29, 0.717) is 0 Å². The molecule has 5 heteroatoms. The van der Waals surface area contributed by atoms with Crippen molar-refractivity contribution in [3.8, 4) is 6.01 Å². The van der Waals surface area contributed by atoms with Crippen molar-refractivity contribution in [1.82, 2.24) is 10.1 Å². The highest BCUT2D eigenvalue weighted by Crippen LogP contribution is 1.73. The van der Waals surface area contributed by atoms with Crippen molar-refractivity contribution in [2.45, 2.75) is 0 Å². The number of nitrogens with one attached hydrogen (secondary N) is 1. The third kappa shape index (κ3) is 1.25. The van der Waals surface area contributed by atoms with Crippen LogP contribution in [0.15, 0.2) is 11.0 Å². The van der Waals surface area contributed by atoms with Crippen LogP contribution in [0.5, 0.6) is 6.01 Å². The minimum Gasteiger partial charge on any atom is -0.842 e. The van der Waals surface area contributed by atoms with E-state index >= 15 is 0 Å². The van der Waals surface area contributed by atoms with Gasteiger partial charge < -0.3 is 10.1 Å². The van der Waals surface area contributed by atoms with E-state index in [2.05, 4.69) is 5.10 Å². The maximum atomic E-state index is 10.4. The smallest absolute Gasteiger partial charge is 0.315 e. The fourth-order valence-electron chi connectivity index (χ4n) is 0.504. The molecule has 0 radical (unpaired) electrons. The highest BCUT2D eigenvalue weighted by Gasteiger charge is 1.92. The topological polar surface area (TPSA) is 72.7 Å². The summed E-state index contributed by atoms with van der Waals surface area (Å²) in [5, 5.41) is 13.7. The van der Waals surface area contributed by atoms with E-state index in [1.165, 1.54) is 17.9 Å². The van der Waals surface area contributed by atoms with Gasteiger partial charge in [-0.25, -0.2) is 0 Å². The second kappa shape index (κ2) is 1.85. The summed E-state index contributed by atoms with van der Waals surface area (Å²) in [5.74, 6) is 0. The number of hydrogen-bond acceptors (Lipinski definition) is 3. The molecular weight excluding hydrogens is 122 g/mol. The summed E-state index contributed by atoms with van der Waals surface area (Å²) in [6.45, 7) is 0. The normalized spacial score (nSPS) is 9.44. The molecule has 1 N–H and O–H groups in total. The van der Waals surface area contributed by atoms with E-state index in [1.807, 2.05) is 4.98 Å². The van der Waals surface area contributed by atoms with E-state index < -0.39 is 11.6 Å². The fraction of sp³-hybridized carbons (Fsp3) is 0.250. The van der Waals surface area contributed by atoms with Gasteiger partial charge in [-0.15, -0.1) is 0 Å². The number of aromatic amines is 1. The molecule has 0 aliphatic heterocycles. The number of rotatable bonds is 0. The highest BCUT2D eigenvalue weighted by molar-refractivity contribution is 4.77. The predicted octanol–water partition coefficient (Wildman–Crippen LogP) is -2.33. The van der Waals surface area contributed by atoms with Crippen LogP contribution >= 0.6 is 0 Å². The van der Waals surface area contributed by atoms with Gasteiger partial charge in [0.1, 0.15) is 6.01 Å². The van der Waals surface area contributed by atoms with Crippen LogP contribution in [0.1, 0.15) is 0 Å². The Hall–Kier alpha value is -1.39. The Labute approximate surface area is 50.6 Å². The average Bonchev–Trinajstić information content (AvgIpc) is 1.59. The molecule has 0 bridgehead atoms. The van der Waals surface area contributed by atoms with Gasteiger partial charge in [-0.05, 0) is 0 Å². The lowest BCUT2D eigenvalue weighted by Crippen LogP contribution is -2.38. The minimum atomic E-state index is -0.620. The lowest BCUT2D eigenvalue weighted by Gasteiger charge is -1.94. The third-order valence-corrected chi connectivity index (χ3v) is 0.783. The standard InChI is InChI=1S/C4H5N3O2/c1-7-2-3(8)5-4(9)6-7/h2H,1H3,(H-,5,6,8,9). The predicted molar refractivity (Wildman–Crippen MR) is 25.5 cm³/mol. The number of aromatic nitrogens is 3. The SMILES string of the molecule is C[n+]1cc(=O)[nH]c([O-])n1. The molecule has 0 fully saturated rings. The Kier molecular flexibility index (Phi) is 1.18. The molecule has 0 aromatic carbocycles. The van der Waals surface area contributed by atoms with Crippen LogP contribution in [0.3, 0.4) is 0 Å². The largest absolute Gasteiger partial charge is 0.842 e. The van der Waals surface area contributed by atoms with Crippen molar-refractivity contribution in [2.24, 2.45) is 7.05 Å². The van der Waals surface area contributed by atoms with Crippen molar-refractivity contribution < 1.29 is 9.79 Å². The summed E-state index contributed by atoms with van der Waals surface area (Å²) < 4.78 is 1.17. The zero-order chi connectivity index (χ0) is 6.85. The van der Waals surface area contributed by atoms with Crippen molar-refractivity contribution in [3.05, 3.63) is 16.6 Å². The van der Waals surface area contributed by atoms with E-state index in [1.54, 1.807) is 0 Å². The molecule has 0 spiro atoms. The summed E-state index contributed by atoms with van der Waals surface area (Å²) >= 11 is 0. The lowest BCUT2D eigenvalue weighted by atomic mass is 10.8. The summed E-state index contributed by atoms with van der Waals surface area (Å²) in [6.07, 6.45) is 1.18. The van der Waals surface area contributed by atoms with Gasteiger partial charge >= 0.3 is 5.56 Å². The first-order chi connectivity index (χ1) is 4.18. The molecule has 1 rings (SSSR count). The van der Waals surface area contributed by atoms with Gasteiger partial charge in [0.15, 0.2) is 7.05 Å². The van der Waals surface area contributed by atoms with Gasteiger partial charge in [-0.2, -0.15) is 0 Å². The lowest BCUT2D eigenvalue weighted by molar-refractivity contribution is -0.736. The fourth-order valence-corrected chi connectivity index (χ4v) is 0.504. The van der Waals surface area contributed by atoms with Crippen LogP contribution in [-0.4, -0.2) is 10.1 Å². The van der Waals surface area contributed by atoms with Crippen LogP contribution in [0, 0.1) is 0 Å². The maximum absolute atomic E-state index is 10.4. The van der Waals surface area contributed by atoms with E-state index in [4.69, 9.17) is 0 Å². The number of aryl methyl sites for hydroxylation is 1. The van der Waals surface area contributed by atoms with Crippen LogP contribution in [0.4, 0.5) is 0 Å². The quantitative estimate of drug-likeness (QED) is 0.397. The zero-order valence-corrected chi connectivity index (χ0v) is 4.79. The Morgan fingerprint density at radius 3 is 3.00 bits per heavy atom. The molecule has 48 valence electrons. The summed E-state index contributed by atoms with van der Waals surface area (Å²) in [5.41, 5.74) is -0.433. The second-order valence-corrected chi connectivity index (χ2v) is 1.60. The minimum absolute atomic E-state index is 0.433. The van der Waals surface area contributed by atoms with Gasteiger partial charge in [0.2, 0.25) is 0 Å². The monoisotopic (exact) mass is 127 g/mol. The molecule has 1 aromatic heterocycles. The Balaban J connectivity index is 3.33. The van der Waals surface area contributed by atoms with Crippen molar-refractivity contribution in [1.29, 1.82) is 0 Å². The molecule has 1 heterocycles. The van der Waals surface area contributed by atoms with Gasteiger partial charge in [0.05, 0.1) is 0 Å². The van der Waals surface area contributed by atoms with Crippen LogP contribution in [0.2, 0.25) is 0 Å². The van der Waals surface area contributed by atoms with E-state index in [0.717, 1.165) is 0 Å². The zero-order valence-electron chi connectivity index (χ0n) is 4.79. The highest BCUT2D eigenvalue weighted by atomic mass is 16.3. The molecule has 1 aromatic rings. The van der Waals surface area contributed by atoms with Crippen molar-refractivity contribution >= 4 is 0 Å². The molecule has 0 unspecified atom stereocenters. The number of nitrogens with zero attached hydrogens (tertiary/aromatic N) is 2. The first-order valence-electron chi connectivity index (χ1n) is 2.33. The summed E-state index contributed by atoms with van der Waals surface area (Å²) in [7, 11) is 1.51. The molecule has 0 saturated carbocycles. The Morgan fingerprint density at radius 1 is 1.89 bits per heavy atom. The van der Waals surface area contributed by atoms with Gasteiger partial charge in [0, 0.05) is 5.10 Å². The molecule has 0 saturated heterocycles. The van der Waals surface area contributed by atoms with Crippen LogP contribution < -0.4 is 15.3 Å². The first-order valence-corrected chi connectivity index (χ1v) is 2.33. The Morgan fingerprint density at radius 2 is 2.56 bits per heavy atom. The van der Waals surface area contributed by atoms with Gasteiger partial charge in [0.25, 0.3) is 6.20 Å². The second-order valence-electron chi connectivity index (χ2n) is 1.60. The van der Waals surface area contributed by atoms with Crippen LogP contribution in [0.25, 0.3) is 0 Å². The maximum Gasteiger partial charge on any atom is 0.315 e. The number of hydrogen-bond donors (Lipinski definition) is 1. The third-order valence-electron chi connectivity index (χ3n) is 0.783.